The summed E-state index contributed by atoms with van der Waals surface area (Å²) in [4.78, 5) is 11.9. The van der Waals surface area contributed by atoms with Crippen molar-refractivity contribution in [3.63, 3.8) is 0 Å². The maximum Gasteiger partial charge on any atom is 0.212 e. The third-order valence-electron chi connectivity index (χ3n) is 6.51. The number of nitrogens with zero attached hydrogens (tertiary/aromatic N) is 5. The van der Waals surface area contributed by atoms with Gasteiger partial charge in [-0.25, -0.2) is 4.98 Å². The summed E-state index contributed by atoms with van der Waals surface area (Å²) in [6, 6.07) is 9.42. The van der Waals surface area contributed by atoms with E-state index >= 15 is 0 Å². The lowest BCUT2D eigenvalue weighted by Gasteiger charge is -2.37. The van der Waals surface area contributed by atoms with Crippen molar-refractivity contribution in [2.24, 2.45) is 16.6 Å². The average Bonchev–Trinajstić information content (AvgIpc) is 3.72. The summed E-state index contributed by atoms with van der Waals surface area (Å²) in [6.45, 7) is 1.26. The fourth-order valence-corrected chi connectivity index (χ4v) is 4.33. The summed E-state index contributed by atoms with van der Waals surface area (Å²) in [5.41, 5.74) is 10.1. The number of nitriles is 1. The highest BCUT2D eigenvalue weighted by Gasteiger charge is 2.28. The molecule has 0 atom stereocenters. The monoisotopic (exact) mass is 472 g/mol. The molecule has 8 nitrogen and oxygen atoms in total. The number of hydrogen-bond acceptors (Lipinski definition) is 7. The van der Waals surface area contributed by atoms with Crippen LogP contribution in [-0.2, 0) is 0 Å². The number of nitrogens with two attached hydrogens (primary N) is 1. The Balaban J connectivity index is 1.72. The maximum absolute atomic E-state index is 13.5. The first kappa shape index (κ1) is 24.1. The second kappa shape index (κ2) is 10.5. The molecular weight excluding hydrogens is 443 g/mol. The van der Waals surface area contributed by atoms with Gasteiger partial charge in [-0.05, 0) is 43.9 Å². The van der Waals surface area contributed by atoms with Crippen molar-refractivity contribution in [2.45, 2.75) is 31.7 Å². The van der Waals surface area contributed by atoms with Crippen molar-refractivity contribution in [3.8, 4) is 17.2 Å². The number of hydrogen-bond donors (Lipinski definition) is 3. The van der Waals surface area contributed by atoms with Crippen molar-refractivity contribution in [2.75, 3.05) is 25.0 Å². The van der Waals surface area contributed by atoms with Crippen LogP contribution in [0.4, 0.5) is 10.1 Å². The predicted octanol–water partition coefficient (Wildman–Crippen LogP) is 4.02. The van der Waals surface area contributed by atoms with Gasteiger partial charge in [-0.3, -0.25) is 15.8 Å². The highest BCUT2D eigenvalue weighted by atomic mass is 19.1. The van der Waals surface area contributed by atoms with Gasteiger partial charge in [0.1, 0.15) is 11.9 Å². The molecular formula is C26H29FN8. The van der Waals surface area contributed by atoms with Crippen molar-refractivity contribution in [3.05, 3.63) is 53.6 Å². The summed E-state index contributed by atoms with van der Waals surface area (Å²) < 4.78 is 13.5. The zero-order valence-electron chi connectivity index (χ0n) is 19.7. The van der Waals surface area contributed by atoms with Crippen molar-refractivity contribution < 1.29 is 4.39 Å². The molecule has 1 aromatic heterocycles. The molecule has 0 amide bonds. The van der Waals surface area contributed by atoms with Crippen molar-refractivity contribution in [1.29, 1.82) is 16.1 Å². The fourth-order valence-electron chi connectivity index (χ4n) is 4.33. The molecule has 0 unspecified atom stereocenters. The van der Waals surface area contributed by atoms with E-state index in [1.54, 1.807) is 25.4 Å². The van der Waals surface area contributed by atoms with E-state index in [4.69, 9.17) is 16.6 Å². The summed E-state index contributed by atoms with van der Waals surface area (Å²) >= 11 is 0. The van der Waals surface area contributed by atoms with E-state index in [1.807, 2.05) is 12.1 Å². The molecule has 0 radical (unpaired) electrons. The Labute approximate surface area is 204 Å². The van der Waals surface area contributed by atoms with Crippen LogP contribution in [0.15, 0.2) is 41.5 Å². The number of amidine groups is 1. The third kappa shape index (κ3) is 5.38. The average molecular weight is 473 g/mol. The molecule has 1 saturated heterocycles. The highest BCUT2D eigenvalue weighted by molar-refractivity contribution is 5.92. The molecule has 9 heteroatoms. The van der Waals surface area contributed by atoms with Gasteiger partial charge >= 0.3 is 0 Å². The predicted molar refractivity (Wildman–Crippen MR) is 137 cm³/mol. The molecule has 1 saturated carbocycles. The van der Waals surface area contributed by atoms with Gasteiger partial charge in [-0.15, -0.1) is 0 Å². The molecule has 2 fully saturated rings. The van der Waals surface area contributed by atoms with Crippen molar-refractivity contribution >= 4 is 29.8 Å². The molecule has 2 aromatic rings. The van der Waals surface area contributed by atoms with Crippen LogP contribution in [0.25, 0.3) is 16.8 Å². The fraction of sp³-hybridized carbons (Fsp3) is 0.346. The van der Waals surface area contributed by atoms with Crippen molar-refractivity contribution in [1.82, 2.24) is 9.88 Å². The Morgan fingerprint density at radius 1 is 1.26 bits per heavy atom. The first-order valence-corrected chi connectivity index (χ1v) is 11.7. The van der Waals surface area contributed by atoms with Gasteiger partial charge in [0, 0.05) is 60.9 Å². The largest absolute Gasteiger partial charge is 0.398 e. The molecule has 0 bridgehead atoms. The molecule has 1 aromatic carbocycles. The molecule has 0 spiro atoms. The topological polar surface area (TPSA) is 129 Å². The van der Waals surface area contributed by atoms with E-state index in [2.05, 4.69) is 20.9 Å². The van der Waals surface area contributed by atoms with Gasteiger partial charge in [0.15, 0.2) is 0 Å². The minimum Gasteiger partial charge on any atom is -0.398 e. The SMILES string of the molecule is CN(C=N)C(=N)C1CCN(c2c(-c3ccc(F)nc3)ccc(/C(N)=C/C=NC3CC3)c2C#N)CC1. The van der Waals surface area contributed by atoms with Crippen LogP contribution in [0, 0.1) is 34.0 Å². The normalized spacial score (nSPS) is 16.8. The van der Waals surface area contributed by atoms with Crippen LogP contribution in [-0.4, -0.2) is 54.5 Å². The van der Waals surface area contributed by atoms with Gasteiger partial charge in [0.05, 0.1) is 23.6 Å². The number of benzene rings is 1. The van der Waals surface area contributed by atoms with E-state index in [-0.39, 0.29) is 5.92 Å². The van der Waals surface area contributed by atoms with Gasteiger partial charge in [-0.1, -0.05) is 12.1 Å². The van der Waals surface area contributed by atoms with E-state index in [0.717, 1.165) is 30.4 Å². The summed E-state index contributed by atoms with van der Waals surface area (Å²) in [5, 5.41) is 26.0. The summed E-state index contributed by atoms with van der Waals surface area (Å²) in [5.74, 6) is -0.116. The molecule has 2 aliphatic rings. The van der Waals surface area contributed by atoms with Crippen LogP contribution >= 0.6 is 0 Å². The number of nitrogens with one attached hydrogen (secondary N) is 2. The molecule has 1 aliphatic carbocycles. The summed E-state index contributed by atoms with van der Waals surface area (Å²) in [6.07, 6.45) is 9.69. The minimum absolute atomic E-state index is 0.0334. The first-order chi connectivity index (χ1) is 16.9. The Morgan fingerprint density at radius 2 is 2.00 bits per heavy atom. The Kier molecular flexibility index (Phi) is 7.20. The van der Waals surface area contributed by atoms with Crippen LogP contribution in [0.3, 0.4) is 0 Å². The van der Waals surface area contributed by atoms with E-state index in [1.165, 1.54) is 17.2 Å². The molecule has 1 aliphatic heterocycles. The van der Waals surface area contributed by atoms with E-state index in [0.29, 0.717) is 60.2 Å². The summed E-state index contributed by atoms with van der Waals surface area (Å²) in [7, 11) is 1.71. The first-order valence-electron chi connectivity index (χ1n) is 11.7. The number of pyridine rings is 1. The second-order valence-corrected chi connectivity index (χ2v) is 8.90. The Bertz CT molecular complexity index is 1200. The van der Waals surface area contributed by atoms with Crippen LogP contribution in [0.5, 0.6) is 0 Å². The zero-order valence-corrected chi connectivity index (χ0v) is 19.7. The van der Waals surface area contributed by atoms with Gasteiger partial charge in [0.2, 0.25) is 5.95 Å². The zero-order chi connectivity index (χ0) is 24.9. The van der Waals surface area contributed by atoms with Crippen LogP contribution in [0.2, 0.25) is 0 Å². The van der Waals surface area contributed by atoms with Gasteiger partial charge in [-0.2, -0.15) is 9.65 Å². The second-order valence-electron chi connectivity index (χ2n) is 8.90. The smallest absolute Gasteiger partial charge is 0.212 e. The number of aliphatic imine (C=N–C) groups is 1. The molecule has 2 heterocycles. The number of anilines is 1. The quantitative estimate of drug-likeness (QED) is 0.318. The molecule has 180 valence electrons. The standard InChI is InChI=1S/C26H29FN8/c1-34(16-29)26(31)17-9-12-35(13-10-17)25-20(18-2-7-24(27)33-15-18)5-6-21(22(25)14-28)23(30)8-11-32-19-3-4-19/h2,5-8,11,15-17,19,29,31H,3-4,9-10,12-13,30H2,1H3/b23-8-,29-16?,31-26?,32-11?. The van der Waals surface area contributed by atoms with E-state index < -0.39 is 5.95 Å². The Hall–Kier alpha value is -4.06. The molecule has 4 N–H and O–H groups in total. The number of allylic oxidation sites excluding steroid dienone is 1. The number of rotatable bonds is 7. The Morgan fingerprint density at radius 3 is 2.60 bits per heavy atom. The molecule has 4 rings (SSSR count). The molecule has 35 heavy (non-hydrogen) atoms. The third-order valence-corrected chi connectivity index (χ3v) is 6.51. The number of piperidine rings is 1. The lowest BCUT2D eigenvalue weighted by molar-refractivity contribution is 0.473. The lowest BCUT2D eigenvalue weighted by Crippen LogP contribution is -2.41. The lowest BCUT2D eigenvalue weighted by atomic mass is 9.91. The van der Waals surface area contributed by atoms with Gasteiger partial charge in [0.25, 0.3) is 0 Å². The maximum atomic E-state index is 13.5. The minimum atomic E-state index is -0.566. The number of halogens is 1. The van der Waals surface area contributed by atoms with Crippen LogP contribution < -0.4 is 10.6 Å². The van der Waals surface area contributed by atoms with Gasteiger partial charge < -0.3 is 15.5 Å². The van der Waals surface area contributed by atoms with E-state index in [9.17, 15) is 9.65 Å². The number of aromatic nitrogens is 1. The van der Waals surface area contributed by atoms with Crippen LogP contribution in [0.1, 0.15) is 36.8 Å². The highest BCUT2D eigenvalue weighted by Crippen LogP contribution is 2.39.